The van der Waals surface area contributed by atoms with Gasteiger partial charge in [0.05, 0.1) is 10.2 Å². The van der Waals surface area contributed by atoms with Crippen molar-refractivity contribution in [1.29, 1.82) is 0 Å². The van der Waals surface area contributed by atoms with Gasteiger partial charge in [-0.3, -0.25) is 9.59 Å². The fraction of sp³-hybridized carbons (Fsp3) is 0.111. The van der Waals surface area contributed by atoms with E-state index < -0.39 is 5.63 Å². The number of hydrogen-bond acceptors (Lipinski definition) is 4. The van der Waals surface area contributed by atoms with Crippen molar-refractivity contribution in [2.24, 2.45) is 0 Å². The molecule has 9 heteroatoms. The summed E-state index contributed by atoms with van der Waals surface area (Å²) in [6, 6.07) is 8.41. The summed E-state index contributed by atoms with van der Waals surface area (Å²) in [5, 5.41) is 3.28. The van der Waals surface area contributed by atoms with Crippen LogP contribution in [0, 0.1) is 0 Å². The van der Waals surface area contributed by atoms with E-state index in [2.05, 4.69) is 37.2 Å². The number of fused-ring (bicyclic) bond motifs is 1. The quantitative estimate of drug-likeness (QED) is 0.286. The van der Waals surface area contributed by atoms with Crippen LogP contribution in [0.1, 0.15) is 17.3 Å². The van der Waals surface area contributed by atoms with Gasteiger partial charge in [-0.15, -0.1) is 0 Å². The fourth-order valence-corrected chi connectivity index (χ4v) is 3.79. The van der Waals surface area contributed by atoms with Crippen molar-refractivity contribution in [2.45, 2.75) is 13.5 Å². The molecule has 0 saturated heterocycles. The van der Waals surface area contributed by atoms with Gasteiger partial charge in [0.25, 0.3) is 0 Å². The van der Waals surface area contributed by atoms with Crippen LogP contribution in [0.3, 0.4) is 0 Å². The van der Waals surface area contributed by atoms with E-state index in [4.69, 9.17) is 4.42 Å². The minimum absolute atomic E-state index is 0. The van der Waals surface area contributed by atoms with E-state index in [0.717, 1.165) is 4.47 Å². The highest BCUT2D eigenvalue weighted by Gasteiger charge is 2.19. The van der Waals surface area contributed by atoms with Gasteiger partial charge in [0, 0.05) is 28.9 Å². The largest absolute Gasteiger partial charge is 1.00 e. The zero-order chi connectivity index (χ0) is 18.8. The third-order valence-corrected chi connectivity index (χ3v) is 4.64. The molecule has 0 spiro atoms. The predicted octanol–water partition coefficient (Wildman–Crippen LogP) is 0.451. The van der Waals surface area contributed by atoms with Gasteiger partial charge in [-0.2, -0.15) is 4.57 Å². The minimum atomic E-state index is -0.680. The Morgan fingerprint density at radius 3 is 2.44 bits per heavy atom. The van der Waals surface area contributed by atoms with Crippen LogP contribution in [0.2, 0.25) is 0 Å². The lowest BCUT2D eigenvalue weighted by Gasteiger charge is -2.04. The Labute approximate surface area is 181 Å². The second-order valence-electron chi connectivity index (χ2n) is 5.62. The van der Waals surface area contributed by atoms with Crippen molar-refractivity contribution in [2.75, 3.05) is 5.32 Å². The van der Waals surface area contributed by atoms with Crippen LogP contribution in [-0.2, 0) is 11.3 Å². The van der Waals surface area contributed by atoms with Gasteiger partial charge in [-0.25, -0.2) is 4.79 Å². The highest BCUT2D eigenvalue weighted by Crippen LogP contribution is 2.28. The lowest BCUT2D eigenvalue weighted by molar-refractivity contribution is -0.683. The van der Waals surface area contributed by atoms with Crippen LogP contribution in [0.25, 0.3) is 11.0 Å². The third-order valence-electron chi connectivity index (χ3n) is 3.59. The Hall–Kier alpha value is -1.84. The molecule has 6 nitrogen and oxygen atoms in total. The molecular formula is C18H13Br3N2O4. The number of ketones is 1. The molecule has 0 aliphatic carbocycles. The Morgan fingerprint density at radius 2 is 1.81 bits per heavy atom. The summed E-state index contributed by atoms with van der Waals surface area (Å²) in [5.74, 6) is -0.543. The molecule has 0 atom stereocenters. The Morgan fingerprint density at radius 1 is 1.15 bits per heavy atom. The van der Waals surface area contributed by atoms with E-state index >= 15 is 0 Å². The van der Waals surface area contributed by atoms with E-state index in [1.165, 1.54) is 13.0 Å². The van der Waals surface area contributed by atoms with Crippen LogP contribution in [0.4, 0.5) is 5.69 Å². The molecule has 0 fully saturated rings. The monoisotopic (exact) mass is 558 g/mol. The fourth-order valence-electron chi connectivity index (χ4n) is 2.45. The molecule has 3 rings (SSSR count). The Balaban J connectivity index is 0.00000261. The summed E-state index contributed by atoms with van der Waals surface area (Å²) in [4.78, 5) is 35.8. The summed E-state index contributed by atoms with van der Waals surface area (Å²) in [5.41, 5.74) is 0.324. The summed E-state index contributed by atoms with van der Waals surface area (Å²) in [6.45, 7) is 1.39. The Bertz CT molecular complexity index is 1080. The van der Waals surface area contributed by atoms with Gasteiger partial charge in [-0.05, 0) is 34.1 Å². The van der Waals surface area contributed by atoms with Crippen molar-refractivity contribution >= 4 is 60.2 Å². The minimum Gasteiger partial charge on any atom is -1.00 e. The van der Waals surface area contributed by atoms with Crippen LogP contribution >= 0.6 is 31.9 Å². The first-order valence-electron chi connectivity index (χ1n) is 7.56. The molecule has 1 aromatic carbocycles. The topological polar surface area (TPSA) is 80.3 Å². The molecule has 0 bridgehead atoms. The van der Waals surface area contributed by atoms with Gasteiger partial charge in [0.2, 0.25) is 18.2 Å². The number of anilines is 1. The van der Waals surface area contributed by atoms with Crippen LogP contribution in [0.15, 0.2) is 60.9 Å². The van der Waals surface area contributed by atoms with Crippen molar-refractivity contribution in [1.82, 2.24) is 0 Å². The molecule has 140 valence electrons. The summed E-state index contributed by atoms with van der Waals surface area (Å²) in [6.07, 6.45) is 3.30. The van der Waals surface area contributed by atoms with Crippen molar-refractivity contribution < 1.29 is 35.6 Å². The number of nitrogens with one attached hydrogen (secondary N) is 1. The van der Waals surface area contributed by atoms with Gasteiger partial charge >= 0.3 is 5.63 Å². The lowest BCUT2D eigenvalue weighted by Crippen LogP contribution is -3.00. The van der Waals surface area contributed by atoms with Gasteiger partial charge in [-0.1, -0.05) is 15.9 Å². The first kappa shape index (κ1) is 21.5. The molecule has 2 aromatic heterocycles. The molecule has 0 saturated carbocycles. The maximum absolute atomic E-state index is 12.5. The number of halogens is 3. The van der Waals surface area contributed by atoms with E-state index in [9.17, 15) is 14.4 Å². The highest BCUT2D eigenvalue weighted by molar-refractivity contribution is 9.11. The van der Waals surface area contributed by atoms with Crippen LogP contribution < -0.4 is 32.5 Å². The number of nitrogens with zero attached hydrogens (tertiary/aromatic N) is 1. The second-order valence-corrected chi connectivity index (χ2v) is 7.39. The molecular weight excluding hydrogens is 548 g/mol. The number of rotatable bonds is 4. The molecule has 0 radical (unpaired) electrons. The number of carbonyl (C=O) groups is 2. The second kappa shape index (κ2) is 8.90. The highest BCUT2D eigenvalue weighted by atomic mass is 79.9. The molecule has 3 aromatic rings. The number of hydrogen-bond donors (Lipinski definition) is 1. The SMILES string of the molecule is CC(=O)Nc1cc[n+](CC(=O)c2cc3cc(Br)cc(Br)c3oc2=O)cc1.[Br-]. The first-order chi connectivity index (χ1) is 12.3. The van der Waals surface area contributed by atoms with E-state index in [1.54, 1.807) is 41.2 Å². The standard InChI is InChI=1S/C18H12Br2N2O4.BrH/c1-10(23)21-13-2-4-22(5-3-13)9-16(24)14-7-11-6-12(19)8-15(20)17(11)26-18(14)25;/h2-8H,9H2,1H3;1H. The summed E-state index contributed by atoms with van der Waals surface area (Å²) in [7, 11) is 0. The number of carbonyl (C=O) groups excluding carboxylic acids is 2. The normalized spacial score (nSPS) is 10.3. The van der Waals surface area contributed by atoms with Gasteiger partial charge in [0.1, 0.15) is 5.56 Å². The van der Waals surface area contributed by atoms with Crippen LogP contribution in [-0.4, -0.2) is 11.7 Å². The smallest absolute Gasteiger partial charge is 0.347 e. The average molecular weight is 561 g/mol. The maximum atomic E-state index is 12.5. The maximum Gasteiger partial charge on any atom is 0.347 e. The predicted molar refractivity (Wildman–Crippen MR) is 103 cm³/mol. The molecule has 0 unspecified atom stereocenters. The van der Waals surface area contributed by atoms with Gasteiger partial charge in [0.15, 0.2) is 18.0 Å². The number of Topliss-reactive ketones (excluding diaryl/α,β-unsaturated/α-hetero) is 1. The van der Waals surface area contributed by atoms with Crippen molar-refractivity contribution in [3.05, 3.63) is 67.7 Å². The van der Waals surface area contributed by atoms with E-state index in [-0.39, 0.29) is 40.8 Å². The number of aromatic nitrogens is 1. The molecule has 1 amide bonds. The Kier molecular flexibility index (Phi) is 7.07. The number of amides is 1. The third kappa shape index (κ3) is 5.12. The van der Waals surface area contributed by atoms with E-state index in [1.807, 2.05) is 0 Å². The number of benzene rings is 1. The molecule has 2 heterocycles. The van der Waals surface area contributed by atoms with E-state index in [0.29, 0.717) is 21.1 Å². The van der Waals surface area contributed by atoms with Crippen molar-refractivity contribution in [3.8, 4) is 0 Å². The lowest BCUT2D eigenvalue weighted by atomic mass is 10.1. The zero-order valence-electron chi connectivity index (χ0n) is 14.0. The molecule has 27 heavy (non-hydrogen) atoms. The van der Waals surface area contributed by atoms with Crippen LogP contribution in [0.5, 0.6) is 0 Å². The zero-order valence-corrected chi connectivity index (χ0v) is 18.7. The number of pyridine rings is 1. The summed E-state index contributed by atoms with van der Waals surface area (Å²) >= 11 is 6.71. The average Bonchev–Trinajstić information content (AvgIpc) is 2.56. The molecule has 0 aliphatic heterocycles. The van der Waals surface area contributed by atoms with Gasteiger partial charge < -0.3 is 26.7 Å². The summed E-state index contributed by atoms with van der Waals surface area (Å²) < 4.78 is 8.34. The first-order valence-corrected chi connectivity index (χ1v) is 9.15. The molecule has 0 aliphatic rings. The van der Waals surface area contributed by atoms with Crippen molar-refractivity contribution in [3.63, 3.8) is 0 Å². The molecule has 1 N–H and O–H groups in total.